The van der Waals surface area contributed by atoms with Crippen LogP contribution in [0, 0.1) is 0 Å². The maximum atomic E-state index is 11.0. The van der Waals surface area contributed by atoms with Gasteiger partial charge in [0.2, 0.25) is 5.91 Å². The normalized spacial score (nSPS) is 15.4. The highest BCUT2D eigenvalue weighted by Crippen LogP contribution is 2.23. The fraction of sp³-hybridized carbons (Fsp3) is 0.250. The van der Waals surface area contributed by atoms with Crippen LogP contribution in [0.5, 0.6) is 0 Å². The molecule has 1 amide bonds. The minimum Gasteiger partial charge on any atom is -0.381 e. The van der Waals surface area contributed by atoms with Gasteiger partial charge in [0.1, 0.15) is 5.82 Å². The Kier molecular flexibility index (Phi) is 4.84. The quantitative estimate of drug-likeness (QED) is 0.679. The Morgan fingerprint density at radius 3 is 2.93 bits per heavy atom. The van der Waals surface area contributed by atoms with E-state index in [1.807, 2.05) is 40.9 Å². The van der Waals surface area contributed by atoms with Gasteiger partial charge in [-0.1, -0.05) is 18.2 Å². The van der Waals surface area contributed by atoms with Crippen LogP contribution in [0.15, 0.2) is 48.7 Å². The van der Waals surface area contributed by atoms with E-state index in [0.717, 1.165) is 54.3 Å². The van der Waals surface area contributed by atoms with Gasteiger partial charge in [0.05, 0.1) is 11.9 Å². The lowest BCUT2D eigenvalue weighted by molar-refractivity contribution is -0.113. The van der Waals surface area contributed by atoms with E-state index in [2.05, 4.69) is 10.3 Å². The van der Waals surface area contributed by atoms with Crippen LogP contribution in [0.1, 0.15) is 18.4 Å². The zero-order valence-electron chi connectivity index (χ0n) is 14.8. The SMILES string of the molecule is NC(=O)C=Cc1cccc(-c2cnc3ccc(NC4CCOCC4)nn23)c1. The molecule has 3 N–H and O–H groups in total. The molecule has 1 saturated heterocycles. The summed E-state index contributed by atoms with van der Waals surface area (Å²) in [5, 5.41) is 8.20. The van der Waals surface area contributed by atoms with Crippen molar-refractivity contribution in [3.8, 4) is 11.3 Å². The third kappa shape index (κ3) is 3.98. The second kappa shape index (κ2) is 7.59. The largest absolute Gasteiger partial charge is 0.381 e. The van der Waals surface area contributed by atoms with Crippen LogP contribution in [0.3, 0.4) is 0 Å². The lowest BCUT2D eigenvalue weighted by Crippen LogP contribution is -2.28. The predicted molar refractivity (Wildman–Crippen MR) is 104 cm³/mol. The number of amides is 1. The number of rotatable bonds is 5. The standard InChI is InChI=1S/C20H21N5O2/c21-18(26)5-4-14-2-1-3-15(12-14)17-13-22-20-7-6-19(24-25(17)20)23-16-8-10-27-11-9-16/h1-7,12-13,16H,8-11H2,(H2,21,26)(H,23,24). The third-order valence-corrected chi connectivity index (χ3v) is 4.56. The molecule has 4 rings (SSSR count). The van der Waals surface area contributed by atoms with Crippen molar-refractivity contribution in [3.63, 3.8) is 0 Å². The number of nitrogens with one attached hydrogen (secondary N) is 1. The summed E-state index contributed by atoms with van der Waals surface area (Å²) in [4.78, 5) is 15.4. The topological polar surface area (TPSA) is 94.5 Å². The van der Waals surface area contributed by atoms with E-state index in [9.17, 15) is 4.79 Å². The van der Waals surface area contributed by atoms with Crippen LogP contribution in [-0.2, 0) is 9.53 Å². The first kappa shape index (κ1) is 17.2. The summed E-state index contributed by atoms with van der Waals surface area (Å²) in [6, 6.07) is 12.1. The first-order valence-electron chi connectivity index (χ1n) is 8.96. The van der Waals surface area contributed by atoms with E-state index in [1.165, 1.54) is 6.08 Å². The number of anilines is 1. The molecule has 1 fully saturated rings. The van der Waals surface area contributed by atoms with Crippen LogP contribution >= 0.6 is 0 Å². The Bertz CT molecular complexity index is 989. The molecule has 3 aromatic rings. The average molecular weight is 363 g/mol. The number of primary amides is 1. The number of carbonyl (C=O) groups excluding carboxylic acids is 1. The van der Waals surface area contributed by atoms with Crippen LogP contribution in [0.4, 0.5) is 5.82 Å². The van der Waals surface area contributed by atoms with E-state index >= 15 is 0 Å². The van der Waals surface area contributed by atoms with Crippen molar-refractivity contribution in [1.82, 2.24) is 14.6 Å². The van der Waals surface area contributed by atoms with Crippen LogP contribution < -0.4 is 11.1 Å². The van der Waals surface area contributed by atoms with Crippen LogP contribution in [0.25, 0.3) is 23.0 Å². The Morgan fingerprint density at radius 2 is 2.11 bits per heavy atom. The van der Waals surface area contributed by atoms with Gasteiger partial charge < -0.3 is 15.8 Å². The summed E-state index contributed by atoms with van der Waals surface area (Å²) in [7, 11) is 0. The molecule has 0 atom stereocenters. The van der Waals surface area contributed by atoms with Crippen LogP contribution in [-0.4, -0.2) is 39.8 Å². The minimum atomic E-state index is -0.472. The molecule has 0 spiro atoms. The fourth-order valence-corrected chi connectivity index (χ4v) is 3.18. The Hall–Kier alpha value is -3.19. The highest BCUT2D eigenvalue weighted by molar-refractivity contribution is 5.90. The van der Waals surface area contributed by atoms with E-state index in [4.69, 9.17) is 15.6 Å². The summed E-state index contributed by atoms with van der Waals surface area (Å²) >= 11 is 0. The number of fused-ring (bicyclic) bond motifs is 1. The number of carbonyl (C=O) groups is 1. The minimum absolute atomic E-state index is 0.373. The van der Waals surface area contributed by atoms with Crippen molar-refractivity contribution >= 4 is 23.4 Å². The summed E-state index contributed by atoms with van der Waals surface area (Å²) in [6.07, 6.45) is 6.80. The smallest absolute Gasteiger partial charge is 0.241 e. The number of nitrogens with two attached hydrogens (primary N) is 1. The van der Waals surface area contributed by atoms with Crippen molar-refractivity contribution < 1.29 is 9.53 Å². The molecule has 0 radical (unpaired) electrons. The number of imidazole rings is 1. The molecule has 0 bridgehead atoms. The van der Waals surface area contributed by atoms with Crippen molar-refractivity contribution in [2.24, 2.45) is 5.73 Å². The summed E-state index contributed by atoms with van der Waals surface area (Å²) in [5.74, 6) is 0.346. The lowest BCUT2D eigenvalue weighted by atomic mass is 10.1. The molecule has 0 unspecified atom stereocenters. The molecular formula is C20H21N5O2. The van der Waals surface area contributed by atoms with Crippen molar-refractivity contribution in [2.45, 2.75) is 18.9 Å². The molecule has 1 aliphatic heterocycles. The molecule has 3 heterocycles. The van der Waals surface area contributed by atoms with E-state index < -0.39 is 5.91 Å². The summed E-state index contributed by atoms with van der Waals surface area (Å²) in [5.41, 5.74) is 8.69. The second-order valence-corrected chi connectivity index (χ2v) is 6.52. The van der Waals surface area contributed by atoms with E-state index in [1.54, 1.807) is 12.3 Å². The van der Waals surface area contributed by atoms with Gasteiger partial charge in [-0.25, -0.2) is 9.50 Å². The van der Waals surface area contributed by atoms with Gasteiger partial charge in [0.25, 0.3) is 0 Å². The van der Waals surface area contributed by atoms with Gasteiger partial charge >= 0.3 is 0 Å². The summed E-state index contributed by atoms with van der Waals surface area (Å²) < 4.78 is 7.24. The maximum absolute atomic E-state index is 11.0. The predicted octanol–water partition coefficient (Wildman–Crippen LogP) is 2.49. The van der Waals surface area contributed by atoms with E-state index in [0.29, 0.717) is 6.04 Å². The Morgan fingerprint density at radius 1 is 1.26 bits per heavy atom. The van der Waals surface area contributed by atoms with Crippen molar-refractivity contribution in [2.75, 3.05) is 18.5 Å². The monoisotopic (exact) mass is 363 g/mol. The fourth-order valence-electron chi connectivity index (χ4n) is 3.18. The highest BCUT2D eigenvalue weighted by atomic mass is 16.5. The number of nitrogens with zero attached hydrogens (tertiary/aromatic N) is 3. The van der Waals surface area contributed by atoms with Gasteiger partial charge in [0.15, 0.2) is 5.65 Å². The first-order chi connectivity index (χ1) is 13.2. The van der Waals surface area contributed by atoms with Crippen molar-refractivity contribution in [3.05, 3.63) is 54.2 Å². The third-order valence-electron chi connectivity index (χ3n) is 4.56. The Balaban J connectivity index is 1.64. The number of ether oxygens (including phenoxy) is 1. The molecule has 1 aliphatic rings. The maximum Gasteiger partial charge on any atom is 0.241 e. The molecule has 1 aromatic carbocycles. The molecule has 0 saturated carbocycles. The molecule has 0 aliphatic carbocycles. The number of hydrogen-bond donors (Lipinski definition) is 2. The molecular weight excluding hydrogens is 342 g/mol. The number of benzene rings is 1. The molecule has 27 heavy (non-hydrogen) atoms. The molecule has 138 valence electrons. The van der Waals surface area contributed by atoms with Gasteiger partial charge in [0, 0.05) is 30.9 Å². The first-order valence-corrected chi connectivity index (χ1v) is 8.96. The molecule has 2 aromatic heterocycles. The van der Waals surface area contributed by atoms with Gasteiger partial charge in [-0.3, -0.25) is 4.79 Å². The van der Waals surface area contributed by atoms with E-state index in [-0.39, 0.29) is 0 Å². The average Bonchev–Trinajstić information content (AvgIpc) is 3.11. The molecule has 7 nitrogen and oxygen atoms in total. The zero-order valence-corrected chi connectivity index (χ0v) is 14.8. The van der Waals surface area contributed by atoms with Gasteiger partial charge in [-0.15, -0.1) is 5.10 Å². The zero-order chi connectivity index (χ0) is 18.6. The number of aromatic nitrogens is 3. The molecule has 7 heteroatoms. The van der Waals surface area contributed by atoms with Crippen molar-refractivity contribution in [1.29, 1.82) is 0 Å². The number of hydrogen-bond acceptors (Lipinski definition) is 5. The lowest BCUT2D eigenvalue weighted by Gasteiger charge is -2.23. The van der Waals surface area contributed by atoms with Crippen LogP contribution in [0.2, 0.25) is 0 Å². The Labute approximate surface area is 156 Å². The van der Waals surface area contributed by atoms with Gasteiger partial charge in [-0.05, 0) is 42.7 Å². The van der Waals surface area contributed by atoms with Gasteiger partial charge in [-0.2, -0.15) is 0 Å². The second-order valence-electron chi connectivity index (χ2n) is 6.52. The highest BCUT2D eigenvalue weighted by Gasteiger charge is 2.15. The summed E-state index contributed by atoms with van der Waals surface area (Å²) in [6.45, 7) is 1.56.